The standard InChI is InChI=1S/C50H33NO2/c1-2-13-33-28-37(27-26-32(33)12-1)34-16-9-17-38(29-34)51(46-24-11-22-42-40-19-6-8-25-47(40)52-50(42)46)45-23-7-5-18-39(45)41-20-10-21-43-44-30-35-14-3-4-15-36(35)31-48(44)53-49(41)43/h1-33H. The van der Waals surface area contributed by atoms with Crippen molar-refractivity contribution in [3.63, 3.8) is 0 Å². The minimum Gasteiger partial charge on any atom is -0.455 e. The van der Waals surface area contributed by atoms with Crippen LogP contribution in [0, 0.1) is 11.8 Å². The third-order valence-corrected chi connectivity index (χ3v) is 11.0. The molecule has 0 amide bonds. The van der Waals surface area contributed by atoms with Gasteiger partial charge < -0.3 is 13.7 Å². The van der Waals surface area contributed by atoms with Gasteiger partial charge in [0.2, 0.25) is 0 Å². The molecule has 0 saturated heterocycles. The second-order valence-corrected chi connectivity index (χ2v) is 14.0. The third-order valence-electron chi connectivity index (χ3n) is 11.0. The summed E-state index contributed by atoms with van der Waals surface area (Å²) < 4.78 is 13.5. The van der Waals surface area contributed by atoms with Gasteiger partial charge in [0.25, 0.3) is 0 Å². The molecule has 2 heterocycles. The molecule has 3 nitrogen and oxygen atoms in total. The van der Waals surface area contributed by atoms with E-state index in [1.807, 2.05) is 12.1 Å². The number of hydrogen-bond donors (Lipinski definition) is 0. The Morgan fingerprint density at radius 1 is 0.453 bits per heavy atom. The van der Waals surface area contributed by atoms with Crippen LogP contribution in [0.1, 0.15) is 5.56 Å². The van der Waals surface area contributed by atoms with Crippen LogP contribution in [0.5, 0.6) is 0 Å². The number of anilines is 3. The van der Waals surface area contributed by atoms with Gasteiger partial charge in [0.05, 0.1) is 11.4 Å². The molecule has 0 bridgehead atoms. The second kappa shape index (κ2) is 11.9. The summed E-state index contributed by atoms with van der Waals surface area (Å²) in [5, 5.41) is 6.78. The molecule has 2 aliphatic carbocycles. The van der Waals surface area contributed by atoms with Crippen LogP contribution in [0.3, 0.4) is 0 Å². The van der Waals surface area contributed by atoms with Gasteiger partial charge in [-0.05, 0) is 64.4 Å². The van der Waals surface area contributed by atoms with E-state index in [1.54, 1.807) is 0 Å². The molecule has 53 heavy (non-hydrogen) atoms. The van der Waals surface area contributed by atoms with Crippen molar-refractivity contribution in [1.82, 2.24) is 0 Å². The number of nitrogens with zero attached hydrogens (tertiary/aromatic N) is 1. The van der Waals surface area contributed by atoms with E-state index in [0.29, 0.717) is 11.8 Å². The van der Waals surface area contributed by atoms with Crippen LogP contribution in [0.15, 0.2) is 197 Å². The number of rotatable bonds is 5. The molecule has 7 aromatic carbocycles. The van der Waals surface area contributed by atoms with Gasteiger partial charge in [0.1, 0.15) is 16.7 Å². The summed E-state index contributed by atoms with van der Waals surface area (Å²) in [6.45, 7) is 0. The zero-order chi connectivity index (χ0) is 34.9. The maximum Gasteiger partial charge on any atom is 0.159 e. The minimum absolute atomic E-state index is 0.353. The first-order chi connectivity index (χ1) is 26.3. The summed E-state index contributed by atoms with van der Waals surface area (Å²) in [6, 6.07) is 51.7. The van der Waals surface area contributed by atoms with Gasteiger partial charge in [-0.15, -0.1) is 0 Å². The first-order valence-corrected chi connectivity index (χ1v) is 18.3. The molecule has 250 valence electrons. The van der Waals surface area contributed by atoms with Crippen LogP contribution in [-0.4, -0.2) is 0 Å². The summed E-state index contributed by atoms with van der Waals surface area (Å²) in [6.07, 6.45) is 15.9. The molecule has 2 aliphatic rings. The normalized spacial score (nSPS) is 16.6. The van der Waals surface area contributed by atoms with Gasteiger partial charge in [-0.2, -0.15) is 0 Å². The Bertz CT molecular complexity index is 3040. The largest absolute Gasteiger partial charge is 0.455 e. The van der Waals surface area contributed by atoms with Crippen LogP contribution >= 0.6 is 0 Å². The lowest BCUT2D eigenvalue weighted by molar-refractivity contribution is 0.663. The summed E-state index contributed by atoms with van der Waals surface area (Å²) >= 11 is 0. The van der Waals surface area contributed by atoms with E-state index in [9.17, 15) is 0 Å². The lowest BCUT2D eigenvalue weighted by atomic mass is 9.81. The van der Waals surface area contributed by atoms with Crippen molar-refractivity contribution >= 4 is 77.3 Å². The molecule has 0 spiro atoms. The molecule has 2 unspecified atom stereocenters. The van der Waals surface area contributed by atoms with Crippen molar-refractivity contribution in [2.24, 2.45) is 11.8 Å². The molecular weight excluding hydrogens is 647 g/mol. The van der Waals surface area contributed by atoms with E-state index in [2.05, 4.69) is 181 Å². The van der Waals surface area contributed by atoms with E-state index in [-0.39, 0.29) is 0 Å². The van der Waals surface area contributed by atoms with Crippen LogP contribution in [0.2, 0.25) is 0 Å². The van der Waals surface area contributed by atoms with Crippen molar-refractivity contribution in [2.75, 3.05) is 4.90 Å². The fourth-order valence-corrected chi connectivity index (χ4v) is 8.40. The number of fused-ring (bicyclic) bond motifs is 8. The molecule has 0 radical (unpaired) electrons. The zero-order valence-corrected chi connectivity index (χ0v) is 28.8. The van der Waals surface area contributed by atoms with Crippen molar-refractivity contribution < 1.29 is 8.83 Å². The molecule has 0 saturated carbocycles. The third kappa shape index (κ3) is 4.82. The molecule has 2 atom stereocenters. The smallest absolute Gasteiger partial charge is 0.159 e. The fourth-order valence-electron chi connectivity index (χ4n) is 8.40. The average molecular weight is 680 g/mol. The first kappa shape index (κ1) is 29.8. The topological polar surface area (TPSA) is 29.5 Å². The number of para-hydroxylation sites is 4. The summed E-state index contributed by atoms with van der Waals surface area (Å²) in [5.41, 5.74) is 11.0. The van der Waals surface area contributed by atoms with Gasteiger partial charge in [0.15, 0.2) is 5.58 Å². The van der Waals surface area contributed by atoms with Gasteiger partial charge in [-0.25, -0.2) is 0 Å². The Labute approximate surface area is 306 Å². The van der Waals surface area contributed by atoms with Gasteiger partial charge in [-0.3, -0.25) is 0 Å². The van der Waals surface area contributed by atoms with Crippen LogP contribution < -0.4 is 4.90 Å². The van der Waals surface area contributed by atoms with Gasteiger partial charge >= 0.3 is 0 Å². The zero-order valence-electron chi connectivity index (χ0n) is 28.8. The molecule has 9 aromatic rings. The van der Waals surface area contributed by atoms with Gasteiger partial charge in [0, 0.05) is 50.2 Å². The lowest BCUT2D eigenvalue weighted by Gasteiger charge is -2.29. The Morgan fingerprint density at radius 2 is 1.13 bits per heavy atom. The highest BCUT2D eigenvalue weighted by Gasteiger charge is 2.25. The molecule has 0 fully saturated rings. The SMILES string of the molecule is C1=CC2C=CC(c3cccc(N(c4ccccc4-c4cccc5c4oc4cc6ccccc6cc45)c4cccc5c4oc4ccccc45)c3)=CC2C=C1. The van der Waals surface area contributed by atoms with E-state index < -0.39 is 0 Å². The molecule has 0 N–H and O–H groups in total. The highest BCUT2D eigenvalue weighted by Crippen LogP contribution is 2.48. The molecule has 0 aliphatic heterocycles. The molecule has 11 rings (SSSR count). The monoisotopic (exact) mass is 679 g/mol. The van der Waals surface area contributed by atoms with Gasteiger partial charge in [-0.1, -0.05) is 146 Å². The Hall–Kier alpha value is -6.84. The molecule has 2 aromatic heterocycles. The Balaban J connectivity index is 1.14. The Kier molecular flexibility index (Phi) is 6.68. The maximum absolute atomic E-state index is 6.78. The van der Waals surface area contributed by atoms with E-state index in [0.717, 1.165) is 72.1 Å². The first-order valence-electron chi connectivity index (χ1n) is 18.3. The highest BCUT2D eigenvalue weighted by atomic mass is 16.3. The number of furan rings is 2. The van der Waals surface area contributed by atoms with Crippen molar-refractivity contribution in [3.8, 4) is 11.1 Å². The molecular formula is C50H33NO2. The highest BCUT2D eigenvalue weighted by molar-refractivity contribution is 6.15. The maximum atomic E-state index is 6.78. The predicted octanol–water partition coefficient (Wildman–Crippen LogP) is 14.1. The lowest BCUT2D eigenvalue weighted by Crippen LogP contribution is -2.13. The quantitative estimate of drug-likeness (QED) is 0.181. The summed E-state index contributed by atoms with van der Waals surface area (Å²) in [7, 11) is 0. The van der Waals surface area contributed by atoms with Crippen molar-refractivity contribution in [3.05, 3.63) is 194 Å². The average Bonchev–Trinajstić information content (AvgIpc) is 3.79. The van der Waals surface area contributed by atoms with Crippen LogP contribution in [0.25, 0.3) is 71.3 Å². The number of benzene rings is 7. The predicted molar refractivity (Wildman–Crippen MR) is 221 cm³/mol. The minimum atomic E-state index is 0.353. The number of allylic oxidation sites excluding steroid dienone is 8. The number of hydrogen-bond acceptors (Lipinski definition) is 3. The van der Waals surface area contributed by atoms with E-state index in [4.69, 9.17) is 8.83 Å². The van der Waals surface area contributed by atoms with Crippen LogP contribution in [-0.2, 0) is 0 Å². The van der Waals surface area contributed by atoms with E-state index >= 15 is 0 Å². The van der Waals surface area contributed by atoms with Crippen molar-refractivity contribution in [1.29, 1.82) is 0 Å². The Morgan fingerprint density at radius 3 is 2.06 bits per heavy atom. The van der Waals surface area contributed by atoms with E-state index in [1.165, 1.54) is 21.9 Å². The van der Waals surface area contributed by atoms with Crippen molar-refractivity contribution in [2.45, 2.75) is 0 Å². The summed E-state index contributed by atoms with van der Waals surface area (Å²) in [5.74, 6) is 0.756. The fraction of sp³-hybridized carbons (Fsp3) is 0.0400. The second-order valence-electron chi connectivity index (χ2n) is 14.0. The molecule has 3 heteroatoms. The summed E-state index contributed by atoms with van der Waals surface area (Å²) in [4.78, 5) is 2.36. The van der Waals surface area contributed by atoms with Crippen LogP contribution in [0.4, 0.5) is 17.1 Å².